The van der Waals surface area contributed by atoms with Crippen LogP contribution in [-0.2, 0) is 6.54 Å². The Morgan fingerprint density at radius 3 is 2.48 bits per heavy atom. The van der Waals surface area contributed by atoms with Crippen LogP contribution in [0.5, 0.6) is 11.5 Å². The lowest BCUT2D eigenvalue weighted by atomic mass is 10.1. The van der Waals surface area contributed by atoms with E-state index in [4.69, 9.17) is 0 Å². The third-order valence-electron chi connectivity index (χ3n) is 3.61. The minimum absolute atomic E-state index is 0.232. The van der Waals surface area contributed by atoms with Gasteiger partial charge in [0.1, 0.15) is 5.56 Å². The molecule has 0 aliphatic heterocycles. The molecule has 0 unspecified atom stereocenters. The number of carboxylic acid groups (broad SMARTS) is 1. The molecule has 0 spiro atoms. The lowest BCUT2D eigenvalue weighted by Crippen LogP contribution is -2.19. The Bertz CT molecular complexity index is 974. The van der Waals surface area contributed by atoms with Crippen molar-refractivity contribution in [3.8, 4) is 11.5 Å². The first-order chi connectivity index (χ1) is 11.0. The van der Waals surface area contributed by atoms with Crippen LogP contribution in [0.25, 0.3) is 10.9 Å². The van der Waals surface area contributed by atoms with Gasteiger partial charge in [0.05, 0.1) is 5.52 Å². The van der Waals surface area contributed by atoms with Gasteiger partial charge in [-0.3, -0.25) is 4.79 Å². The summed E-state index contributed by atoms with van der Waals surface area (Å²) in [5, 5.41) is 28.5. The number of phenols is 2. The number of nitrogens with zero attached hydrogens (tertiary/aromatic N) is 1. The highest BCUT2D eigenvalue weighted by Gasteiger charge is 2.14. The normalized spacial score (nSPS) is 10.8. The van der Waals surface area contributed by atoms with E-state index in [-0.39, 0.29) is 23.6 Å². The molecule has 0 fully saturated rings. The third kappa shape index (κ3) is 2.62. The summed E-state index contributed by atoms with van der Waals surface area (Å²) in [4.78, 5) is 23.5. The molecule has 0 amide bonds. The summed E-state index contributed by atoms with van der Waals surface area (Å²) in [5.41, 5.74) is 0.408. The van der Waals surface area contributed by atoms with Gasteiger partial charge in [0.2, 0.25) is 5.43 Å². The van der Waals surface area contributed by atoms with E-state index in [9.17, 15) is 24.9 Å². The van der Waals surface area contributed by atoms with Crippen molar-refractivity contribution in [1.29, 1.82) is 0 Å². The van der Waals surface area contributed by atoms with Gasteiger partial charge in [-0.15, -0.1) is 0 Å². The Hall–Kier alpha value is -3.28. The summed E-state index contributed by atoms with van der Waals surface area (Å²) in [6.45, 7) is 0.245. The van der Waals surface area contributed by atoms with Crippen LogP contribution in [0.4, 0.5) is 0 Å². The van der Waals surface area contributed by atoms with E-state index in [1.807, 2.05) is 0 Å². The molecule has 3 N–H and O–H groups in total. The Morgan fingerprint density at radius 1 is 1.04 bits per heavy atom. The molecule has 0 aliphatic carbocycles. The van der Waals surface area contributed by atoms with Crippen LogP contribution in [0.3, 0.4) is 0 Å². The Morgan fingerprint density at radius 2 is 1.78 bits per heavy atom. The number of para-hydroxylation sites is 1. The van der Waals surface area contributed by atoms with Crippen molar-refractivity contribution in [3.05, 3.63) is 70.0 Å². The topological polar surface area (TPSA) is 99.8 Å². The number of hydrogen-bond donors (Lipinski definition) is 3. The van der Waals surface area contributed by atoms with E-state index in [2.05, 4.69) is 0 Å². The van der Waals surface area contributed by atoms with E-state index in [0.717, 1.165) is 0 Å². The van der Waals surface area contributed by atoms with E-state index < -0.39 is 11.4 Å². The van der Waals surface area contributed by atoms with Gasteiger partial charge in [-0.25, -0.2) is 4.79 Å². The fraction of sp³-hybridized carbons (Fsp3) is 0.0588. The summed E-state index contributed by atoms with van der Waals surface area (Å²) < 4.78 is 1.63. The van der Waals surface area contributed by atoms with Crippen LogP contribution in [0, 0.1) is 0 Å². The average molecular weight is 311 g/mol. The van der Waals surface area contributed by atoms with E-state index in [1.165, 1.54) is 18.3 Å². The van der Waals surface area contributed by atoms with Crippen LogP contribution in [-0.4, -0.2) is 25.9 Å². The van der Waals surface area contributed by atoms with E-state index in [1.54, 1.807) is 34.9 Å². The van der Waals surface area contributed by atoms with Crippen LogP contribution in [0.1, 0.15) is 15.9 Å². The predicted molar refractivity (Wildman–Crippen MR) is 84.0 cm³/mol. The molecule has 0 bridgehead atoms. The van der Waals surface area contributed by atoms with Gasteiger partial charge in [0, 0.05) is 18.1 Å². The summed E-state index contributed by atoms with van der Waals surface area (Å²) in [6.07, 6.45) is 1.29. The van der Waals surface area contributed by atoms with Gasteiger partial charge >= 0.3 is 5.97 Å². The summed E-state index contributed by atoms with van der Waals surface area (Å²) in [5.74, 6) is -1.78. The molecule has 2 aromatic carbocycles. The second kappa shape index (κ2) is 5.49. The number of carbonyl (C=O) groups is 1. The minimum atomic E-state index is -1.29. The smallest absolute Gasteiger partial charge is 0.341 e. The van der Waals surface area contributed by atoms with Crippen LogP contribution < -0.4 is 5.43 Å². The average Bonchev–Trinajstić information content (AvgIpc) is 2.53. The molecular formula is C17H13NO5. The lowest BCUT2D eigenvalue weighted by Gasteiger charge is -2.13. The number of aromatic nitrogens is 1. The van der Waals surface area contributed by atoms with Gasteiger partial charge in [-0.2, -0.15) is 0 Å². The molecule has 1 aromatic heterocycles. The third-order valence-corrected chi connectivity index (χ3v) is 3.61. The SMILES string of the molecule is O=C(O)c1cn(Cc2ccc(O)c(O)c2)c2ccccc2c1=O. The van der Waals surface area contributed by atoms with Crippen molar-refractivity contribution >= 4 is 16.9 Å². The molecule has 6 nitrogen and oxygen atoms in total. The molecule has 23 heavy (non-hydrogen) atoms. The van der Waals surface area contributed by atoms with E-state index in [0.29, 0.717) is 16.5 Å². The monoisotopic (exact) mass is 311 g/mol. The zero-order valence-corrected chi connectivity index (χ0v) is 11.9. The van der Waals surface area contributed by atoms with Gasteiger partial charge in [-0.1, -0.05) is 18.2 Å². The molecular weight excluding hydrogens is 298 g/mol. The Labute approximate surface area is 130 Å². The first-order valence-electron chi connectivity index (χ1n) is 6.83. The molecule has 1 heterocycles. The molecule has 0 saturated heterocycles. The van der Waals surface area contributed by atoms with Gasteiger partial charge in [0.15, 0.2) is 11.5 Å². The summed E-state index contributed by atoms with van der Waals surface area (Å²) in [7, 11) is 0. The van der Waals surface area contributed by atoms with E-state index >= 15 is 0 Å². The van der Waals surface area contributed by atoms with Crippen LogP contribution in [0.2, 0.25) is 0 Å². The van der Waals surface area contributed by atoms with Crippen LogP contribution in [0.15, 0.2) is 53.5 Å². The lowest BCUT2D eigenvalue weighted by molar-refractivity contribution is 0.0695. The van der Waals surface area contributed by atoms with Crippen molar-refractivity contribution in [2.24, 2.45) is 0 Å². The van der Waals surface area contributed by atoms with Gasteiger partial charge in [-0.05, 0) is 29.8 Å². The second-order valence-electron chi connectivity index (χ2n) is 5.15. The number of phenolic OH excluding ortho intramolecular Hbond substituents is 2. The maximum absolute atomic E-state index is 12.2. The zero-order valence-electron chi connectivity index (χ0n) is 11.9. The Balaban J connectivity index is 2.20. The molecule has 0 aliphatic rings. The minimum Gasteiger partial charge on any atom is -0.504 e. The first kappa shape index (κ1) is 14.6. The number of hydrogen-bond acceptors (Lipinski definition) is 4. The quantitative estimate of drug-likeness (QED) is 0.644. The van der Waals surface area contributed by atoms with Crippen LogP contribution >= 0.6 is 0 Å². The number of benzene rings is 2. The molecule has 0 atom stereocenters. The first-order valence-corrected chi connectivity index (χ1v) is 6.83. The molecule has 116 valence electrons. The number of rotatable bonds is 3. The van der Waals surface area contributed by atoms with Crippen molar-refractivity contribution < 1.29 is 20.1 Å². The highest BCUT2D eigenvalue weighted by atomic mass is 16.4. The fourth-order valence-corrected chi connectivity index (χ4v) is 2.49. The maximum Gasteiger partial charge on any atom is 0.341 e. The fourth-order valence-electron chi connectivity index (χ4n) is 2.49. The standard InChI is InChI=1S/C17H13NO5/c19-14-6-5-10(7-15(14)20)8-18-9-12(17(22)23)16(21)11-3-1-2-4-13(11)18/h1-7,9,19-20H,8H2,(H,22,23). The number of aromatic carboxylic acids is 1. The van der Waals surface area contributed by atoms with Gasteiger partial charge < -0.3 is 19.9 Å². The van der Waals surface area contributed by atoms with Crippen molar-refractivity contribution in [3.63, 3.8) is 0 Å². The zero-order chi connectivity index (χ0) is 16.6. The molecule has 3 aromatic rings. The molecule has 0 saturated carbocycles. The molecule has 3 rings (SSSR count). The maximum atomic E-state index is 12.2. The predicted octanol–water partition coefficient (Wildman–Crippen LogP) is 2.16. The Kier molecular flexibility index (Phi) is 3.50. The number of fused-ring (bicyclic) bond motifs is 1. The molecule has 6 heteroatoms. The number of carboxylic acids is 1. The van der Waals surface area contributed by atoms with Gasteiger partial charge in [0.25, 0.3) is 0 Å². The molecule has 0 radical (unpaired) electrons. The van der Waals surface area contributed by atoms with Crippen molar-refractivity contribution in [1.82, 2.24) is 4.57 Å². The highest BCUT2D eigenvalue weighted by Crippen LogP contribution is 2.25. The highest BCUT2D eigenvalue weighted by molar-refractivity contribution is 5.92. The van der Waals surface area contributed by atoms with Crippen molar-refractivity contribution in [2.75, 3.05) is 0 Å². The summed E-state index contributed by atoms with van der Waals surface area (Å²) >= 11 is 0. The van der Waals surface area contributed by atoms with Crippen molar-refractivity contribution in [2.45, 2.75) is 6.54 Å². The second-order valence-corrected chi connectivity index (χ2v) is 5.15. The number of aromatic hydroxyl groups is 2. The summed E-state index contributed by atoms with van der Waals surface area (Å²) in [6, 6.07) is 11.1. The largest absolute Gasteiger partial charge is 0.504 e. The number of pyridine rings is 1.